The molecule has 0 bridgehead atoms. The summed E-state index contributed by atoms with van der Waals surface area (Å²) in [5.41, 5.74) is 0.458. The third-order valence-corrected chi connectivity index (χ3v) is 3.70. The van der Waals surface area contributed by atoms with E-state index in [1.165, 1.54) is 31.4 Å². The quantitative estimate of drug-likeness (QED) is 0.257. The minimum Gasteiger partial charge on any atom is -0.504 e. The van der Waals surface area contributed by atoms with E-state index in [0.29, 0.717) is 5.56 Å². The Morgan fingerprint density at radius 2 is 1.88 bits per heavy atom. The van der Waals surface area contributed by atoms with Crippen molar-refractivity contribution in [2.45, 2.75) is 30.7 Å². The van der Waals surface area contributed by atoms with E-state index >= 15 is 0 Å². The number of hydrogen-bond acceptors (Lipinski definition) is 9. The van der Waals surface area contributed by atoms with Gasteiger partial charge in [0.1, 0.15) is 31.0 Å². The van der Waals surface area contributed by atoms with Gasteiger partial charge in [-0.25, -0.2) is 4.79 Å². The number of methoxy groups -OCH3 is 1. The maximum Gasteiger partial charge on any atom is 0.330 e. The molecule has 9 nitrogen and oxygen atoms in total. The fourth-order valence-corrected chi connectivity index (χ4v) is 2.27. The summed E-state index contributed by atoms with van der Waals surface area (Å²) < 4.78 is 15.0. The molecule has 1 fully saturated rings. The van der Waals surface area contributed by atoms with E-state index in [1.54, 1.807) is 0 Å². The lowest BCUT2D eigenvalue weighted by Gasteiger charge is -2.39. The molecule has 0 amide bonds. The summed E-state index contributed by atoms with van der Waals surface area (Å²) in [6, 6.07) is 4.01. The Morgan fingerprint density at radius 1 is 1.16 bits per heavy atom. The van der Waals surface area contributed by atoms with Gasteiger partial charge < -0.3 is 39.7 Å². The van der Waals surface area contributed by atoms with Crippen LogP contribution < -0.4 is 0 Å². The smallest absolute Gasteiger partial charge is 0.330 e. The van der Waals surface area contributed by atoms with Crippen LogP contribution >= 0.6 is 0 Å². The molecule has 0 radical (unpaired) electrons. The predicted octanol–water partition coefficient (Wildman–Crippen LogP) is -0.892. The fourth-order valence-electron chi connectivity index (χ4n) is 2.27. The Hall–Kier alpha value is -2.17. The summed E-state index contributed by atoms with van der Waals surface area (Å²) in [5, 5.41) is 47.8. The molecule has 1 heterocycles. The molecule has 0 unspecified atom stereocenters. The Kier molecular flexibility index (Phi) is 6.34. The topological polar surface area (TPSA) is 146 Å². The van der Waals surface area contributed by atoms with Gasteiger partial charge >= 0.3 is 5.97 Å². The van der Waals surface area contributed by atoms with E-state index in [4.69, 9.17) is 14.2 Å². The SMILES string of the molecule is CO[C@@H]1O[C@H](COC(=O)C=Cc2ccc(O)c(O)c2)[C@@H](O)[C@H](O)[C@H]1O. The van der Waals surface area contributed by atoms with Gasteiger partial charge in [-0.1, -0.05) is 6.07 Å². The molecule has 2 rings (SSSR count). The molecule has 0 spiro atoms. The first kappa shape index (κ1) is 19.2. The first-order chi connectivity index (χ1) is 11.8. The first-order valence-electron chi connectivity index (χ1n) is 7.42. The number of rotatable bonds is 5. The van der Waals surface area contributed by atoms with Crippen LogP contribution in [0.3, 0.4) is 0 Å². The van der Waals surface area contributed by atoms with Crippen LogP contribution in [0.15, 0.2) is 24.3 Å². The number of aliphatic hydroxyl groups is 3. The van der Waals surface area contributed by atoms with Crippen LogP contribution in [0.25, 0.3) is 6.08 Å². The molecular weight excluding hydrogens is 336 g/mol. The molecule has 1 saturated heterocycles. The maximum absolute atomic E-state index is 11.7. The summed E-state index contributed by atoms with van der Waals surface area (Å²) in [6.07, 6.45) is -4.16. The molecule has 0 aliphatic carbocycles. The number of carbonyl (C=O) groups is 1. The van der Waals surface area contributed by atoms with Crippen molar-refractivity contribution in [2.75, 3.05) is 13.7 Å². The van der Waals surface area contributed by atoms with Gasteiger partial charge in [0, 0.05) is 13.2 Å². The minimum absolute atomic E-state index is 0.281. The molecule has 9 heteroatoms. The van der Waals surface area contributed by atoms with Gasteiger partial charge in [-0.3, -0.25) is 0 Å². The highest BCUT2D eigenvalue weighted by molar-refractivity contribution is 5.87. The van der Waals surface area contributed by atoms with Gasteiger partial charge in [-0.2, -0.15) is 0 Å². The zero-order valence-corrected chi connectivity index (χ0v) is 13.3. The van der Waals surface area contributed by atoms with Gasteiger partial charge in [0.25, 0.3) is 0 Å². The second kappa shape index (κ2) is 8.28. The number of carbonyl (C=O) groups excluding carboxylic acids is 1. The van der Waals surface area contributed by atoms with Crippen LogP contribution in [-0.2, 0) is 19.0 Å². The Labute approximate surface area is 143 Å². The predicted molar refractivity (Wildman–Crippen MR) is 83.5 cm³/mol. The summed E-state index contributed by atoms with van der Waals surface area (Å²) in [4.78, 5) is 11.7. The standard InChI is InChI=1S/C16H20O9/c1-23-16-15(22)14(21)13(20)11(25-16)7-24-12(19)5-3-8-2-4-9(17)10(18)6-8/h2-6,11,13-18,20-22H,7H2,1H3/t11-,13-,14+,15-,16-/m1/s1. The summed E-state index contributed by atoms with van der Waals surface area (Å²) >= 11 is 0. The number of phenols is 2. The summed E-state index contributed by atoms with van der Waals surface area (Å²) in [5.74, 6) is -1.36. The van der Waals surface area contributed by atoms with Crippen molar-refractivity contribution in [2.24, 2.45) is 0 Å². The molecular formula is C16H20O9. The van der Waals surface area contributed by atoms with Gasteiger partial charge in [0.2, 0.25) is 0 Å². The number of ether oxygens (including phenoxy) is 3. The lowest BCUT2D eigenvalue weighted by molar-refractivity contribution is -0.294. The lowest BCUT2D eigenvalue weighted by atomic mass is 9.99. The number of aliphatic hydroxyl groups excluding tert-OH is 3. The van der Waals surface area contributed by atoms with Crippen molar-refractivity contribution in [3.8, 4) is 11.5 Å². The fraction of sp³-hybridized carbons (Fsp3) is 0.438. The number of benzene rings is 1. The van der Waals surface area contributed by atoms with Crippen molar-refractivity contribution in [3.05, 3.63) is 29.8 Å². The van der Waals surface area contributed by atoms with Crippen LogP contribution in [0, 0.1) is 0 Å². The zero-order valence-electron chi connectivity index (χ0n) is 13.3. The van der Waals surface area contributed by atoms with E-state index < -0.39 is 36.7 Å². The maximum atomic E-state index is 11.7. The lowest BCUT2D eigenvalue weighted by Crippen LogP contribution is -2.59. The molecule has 1 aromatic carbocycles. The molecule has 1 aliphatic rings. The monoisotopic (exact) mass is 356 g/mol. The average molecular weight is 356 g/mol. The van der Waals surface area contributed by atoms with E-state index in [9.17, 15) is 30.3 Å². The summed E-state index contributed by atoms with van der Waals surface area (Å²) in [6.45, 7) is -0.366. The highest BCUT2D eigenvalue weighted by Gasteiger charge is 2.44. The number of hydrogen-bond donors (Lipinski definition) is 5. The normalized spacial score (nSPS) is 29.7. The molecule has 1 aliphatic heterocycles. The van der Waals surface area contributed by atoms with Gasteiger partial charge in [0.15, 0.2) is 17.8 Å². The van der Waals surface area contributed by atoms with Crippen molar-refractivity contribution < 1.29 is 44.5 Å². The Balaban J connectivity index is 1.90. The highest BCUT2D eigenvalue weighted by Crippen LogP contribution is 2.25. The molecule has 0 saturated carbocycles. The number of esters is 1. The molecule has 25 heavy (non-hydrogen) atoms. The van der Waals surface area contributed by atoms with E-state index in [2.05, 4.69) is 0 Å². The number of aromatic hydroxyl groups is 2. The highest BCUT2D eigenvalue weighted by atomic mass is 16.7. The molecule has 1 aromatic rings. The second-order valence-electron chi connectivity index (χ2n) is 5.46. The molecule has 138 valence electrons. The third-order valence-electron chi connectivity index (χ3n) is 3.70. The van der Waals surface area contributed by atoms with Gasteiger partial charge in [-0.15, -0.1) is 0 Å². The van der Waals surface area contributed by atoms with E-state index in [-0.39, 0.29) is 18.1 Å². The van der Waals surface area contributed by atoms with Gasteiger partial charge in [-0.05, 0) is 23.8 Å². The van der Waals surface area contributed by atoms with Crippen LogP contribution in [0.5, 0.6) is 11.5 Å². The van der Waals surface area contributed by atoms with Crippen molar-refractivity contribution in [3.63, 3.8) is 0 Å². The first-order valence-corrected chi connectivity index (χ1v) is 7.42. The third kappa shape index (κ3) is 4.68. The van der Waals surface area contributed by atoms with Crippen molar-refractivity contribution in [1.29, 1.82) is 0 Å². The Morgan fingerprint density at radius 3 is 2.52 bits per heavy atom. The van der Waals surface area contributed by atoms with E-state index in [0.717, 1.165) is 6.08 Å². The Bertz CT molecular complexity index is 628. The largest absolute Gasteiger partial charge is 0.504 e. The van der Waals surface area contributed by atoms with Crippen LogP contribution in [0.1, 0.15) is 5.56 Å². The van der Waals surface area contributed by atoms with Gasteiger partial charge in [0.05, 0.1) is 0 Å². The van der Waals surface area contributed by atoms with Crippen LogP contribution in [-0.4, -0.2) is 75.9 Å². The molecule has 0 aromatic heterocycles. The minimum atomic E-state index is -1.50. The van der Waals surface area contributed by atoms with Crippen LogP contribution in [0.2, 0.25) is 0 Å². The second-order valence-corrected chi connectivity index (χ2v) is 5.46. The molecule has 5 atom stereocenters. The zero-order chi connectivity index (χ0) is 18.6. The number of phenolic OH excluding ortho intramolecular Hbond substituents is 2. The van der Waals surface area contributed by atoms with Crippen molar-refractivity contribution >= 4 is 12.0 Å². The van der Waals surface area contributed by atoms with Crippen molar-refractivity contribution in [1.82, 2.24) is 0 Å². The van der Waals surface area contributed by atoms with E-state index in [1.807, 2.05) is 0 Å². The average Bonchev–Trinajstić information content (AvgIpc) is 2.60. The summed E-state index contributed by atoms with van der Waals surface area (Å²) in [7, 11) is 1.26. The molecule has 5 N–H and O–H groups in total. The van der Waals surface area contributed by atoms with Crippen LogP contribution in [0.4, 0.5) is 0 Å².